The van der Waals surface area contributed by atoms with Crippen LogP contribution in [0.4, 0.5) is 0 Å². The Hall–Kier alpha value is -0.340. The molecule has 0 spiro atoms. The smallest absolute Gasteiger partial charge is 0.390 e. The number of carbonyl (C=O) groups excluding carboxylic acids is 1. The minimum atomic E-state index is -4.85. The molecule has 0 aliphatic heterocycles. The molecule has 0 aliphatic rings. The van der Waals surface area contributed by atoms with Gasteiger partial charge in [-0.05, 0) is 0 Å². The molecule has 0 radical (unpaired) electrons. The zero-order chi connectivity index (χ0) is 11.4. The van der Waals surface area contributed by atoms with Crippen LogP contribution in [0.5, 0.6) is 0 Å². The predicted octanol–water partition coefficient (Wildman–Crippen LogP) is -2.28. The van der Waals surface area contributed by atoms with Gasteiger partial charge in [0.2, 0.25) is 0 Å². The van der Waals surface area contributed by atoms with E-state index in [2.05, 4.69) is 4.52 Å². The Balaban J connectivity index is 4.00. The van der Waals surface area contributed by atoms with Gasteiger partial charge in [-0.1, -0.05) is 0 Å². The normalized spacial score (nSPS) is 18.6. The fourth-order valence-corrected chi connectivity index (χ4v) is 1.04. The van der Waals surface area contributed by atoms with Crippen LogP contribution in [0.25, 0.3) is 0 Å². The summed E-state index contributed by atoms with van der Waals surface area (Å²) in [7, 11) is -4.85. The lowest BCUT2D eigenvalue weighted by molar-refractivity contribution is -0.125. The first kappa shape index (κ1) is 13.7. The number of aldehydes is 1. The van der Waals surface area contributed by atoms with Crippen molar-refractivity contribution in [3.63, 3.8) is 0 Å². The summed E-state index contributed by atoms with van der Waals surface area (Å²) in [5.74, 6) is 0. The third-order valence-electron chi connectivity index (χ3n) is 1.24. The zero-order valence-corrected chi connectivity index (χ0v) is 7.82. The van der Waals surface area contributed by atoms with Gasteiger partial charge in [0, 0.05) is 6.42 Å². The second kappa shape index (κ2) is 5.52. The van der Waals surface area contributed by atoms with Crippen molar-refractivity contribution in [2.45, 2.75) is 24.9 Å². The van der Waals surface area contributed by atoms with E-state index in [-0.39, 0.29) is 6.29 Å². The van der Waals surface area contributed by atoms with E-state index in [1.54, 1.807) is 0 Å². The average Bonchev–Trinajstić information content (AvgIpc) is 1.99. The predicted molar refractivity (Wildman–Crippen MR) is 41.8 cm³/mol. The third kappa shape index (κ3) is 6.17. The molecule has 3 atom stereocenters. The van der Waals surface area contributed by atoms with Crippen molar-refractivity contribution in [3.8, 4) is 0 Å². The SMILES string of the molecule is O=C[C@H](O)[C@@H](O)CC(O)OP(=O)(O)O. The van der Waals surface area contributed by atoms with Crippen molar-refractivity contribution < 1.29 is 39.0 Å². The number of carbonyl (C=O) groups is 1. The van der Waals surface area contributed by atoms with Crippen molar-refractivity contribution in [3.05, 3.63) is 0 Å². The Labute approximate surface area is 79.0 Å². The monoisotopic (exact) mass is 230 g/mol. The van der Waals surface area contributed by atoms with Crippen molar-refractivity contribution in [1.82, 2.24) is 0 Å². The summed E-state index contributed by atoms with van der Waals surface area (Å²) in [6.07, 6.45) is -6.00. The summed E-state index contributed by atoms with van der Waals surface area (Å²) in [4.78, 5) is 26.4. The number of hydrogen-bond donors (Lipinski definition) is 5. The average molecular weight is 230 g/mol. The Morgan fingerprint density at radius 1 is 1.29 bits per heavy atom. The van der Waals surface area contributed by atoms with Crippen LogP contribution in [-0.2, 0) is 13.9 Å². The zero-order valence-electron chi connectivity index (χ0n) is 6.92. The molecule has 0 rings (SSSR count). The summed E-state index contributed by atoms with van der Waals surface area (Å²) in [6.45, 7) is 0. The highest BCUT2D eigenvalue weighted by molar-refractivity contribution is 7.46. The van der Waals surface area contributed by atoms with E-state index < -0.39 is 32.7 Å². The van der Waals surface area contributed by atoms with Crippen LogP contribution in [0.15, 0.2) is 0 Å². The first-order valence-electron chi connectivity index (χ1n) is 3.49. The maximum absolute atomic E-state index is 10.2. The molecule has 0 fully saturated rings. The van der Waals surface area contributed by atoms with E-state index in [0.29, 0.717) is 0 Å². The number of phosphoric acid groups is 1. The van der Waals surface area contributed by atoms with Crippen LogP contribution in [0.3, 0.4) is 0 Å². The van der Waals surface area contributed by atoms with Gasteiger partial charge in [0.1, 0.15) is 6.10 Å². The van der Waals surface area contributed by atoms with E-state index in [4.69, 9.17) is 25.1 Å². The minimum absolute atomic E-state index is 0.0227. The molecule has 1 unspecified atom stereocenters. The van der Waals surface area contributed by atoms with E-state index >= 15 is 0 Å². The summed E-state index contributed by atoms with van der Waals surface area (Å²) in [5, 5.41) is 26.4. The van der Waals surface area contributed by atoms with Gasteiger partial charge in [-0.3, -0.25) is 4.52 Å². The summed E-state index contributed by atoms with van der Waals surface area (Å²) in [5.41, 5.74) is 0. The van der Waals surface area contributed by atoms with E-state index in [0.717, 1.165) is 0 Å². The van der Waals surface area contributed by atoms with Crippen molar-refractivity contribution in [2.24, 2.45) is 0 Å². The summed E-state index contributed by atoms with van der Waals surface area (Å²) < 4.78 is 13.9. The van der Waals surface area contributed by atoms with Gasteiger partial charge in [-0.15, -0.1) is 0 Å². The molecule has 0 aromatic heterocycles. The second-order valence-corrected chi connectivity index (χ2v) is 3.67. The van der Waals surface area contributed by atoms with E-state index in [1.807, 2.05) is 0 Å². The lowest BCUT2D eigenvalue weighted by Gasteiger charge is -2.17. The Morgan fingerprint density at radius 3 is 2.14 bits per heavy atom. The van der Waals surface area contributed by atoms with Crippen LogP contribution in [0, 0.1) is 0 Å². The molecule has 8 nitrogen and oxygen atoms in total. The largest absolute Gasteiger partial charge is 0.471 e. The summed E-state index contributed by atoms with van der Waals surface area (Å²) >= 11 is 0. The molecule has 9 heteroatoms. The Bertz CT molecular complexity index is 224. The maximum Gasteiger partial charge on any atom is 0.471 e. The molecule has 5 N–H and O–H groups in total. The van der Waals surface area contributed by atoms with Crippen LogP contribution >= 0.6 is 7.82 Å². The topological polar surface area (TPSA) is 145 Å². The van der Waals surface area contributed by atoms with Gasteiger partial charge >= 0.3 is 7.82 Å². The van der Waals surface area contributed by atoms with Gasteiger partial charge < -0.3 is 29.9 Å². The highest BCUT2D eigenvalue weighted by atomic mass is 31.2. The summed E-state index contributed by atoms with van der Waals surface area (Å²) in [6, 6.07) is 0. The number of hydrogen-bond acceptors (Lipinski definition) is 6. The van der Waals surface area contributed by atoms with E-state index in [1.165, 1.54) is 0 Å². The molecule has 0 saturated carbocycles. The van der Waals surface area contributed by atoms with Gasteiger partial charge in [0.25, 0.3) is 0 Å². The first-order valence-corrected chi connectivity index (χ1v) is 5.02. The Morgan fingerprint density at radius 2 is 1.79 bits per heavy atom. The van der Waals surface area contributed by atoms with Crippen molar-refractivity contribution in [1.29, 1.82) is 0 Å². The fourth-order valence-electron chi connectivity index (χ4n) is 0.638. The molecular weight excluding hydrogens is 219 g/mol. The van der Waals surface area contributed by atoms with Crippen LogP contribution < -0.4 is 0 Å². The van der Waals surface area contributed by atoms with Crippen LogP contribution in [0.2, 0.25) is 0 Å². The van der Waals surface area contributed by atoms with Crippen LogP contribution in [-0.4, -0.2) is 49.9 Å². The number of rotatable bonds is 6. The molecule has 14 heavy (non-hydrogen) atoms. The first-order chi connectivity index (χ1) is 6.26. The standard InChI is InChI=1S/C5H11O8P/c6-2-4(8)3(7)1-5(9)13-14(10,11)12/h2-5,7-9H,1H2,(H2,10,11,12)/t3-,4-,5?/m0/s1. The molecular formula is C5H11O8P. The van der Waals surface area contributed by atoms with Crippen molar-refractivity contribution >= 4 is 14.1 Å². The fraction of sp³-hybridized carbons (Fsp3) is 0.800. The molecule has 0 aromatic carbocycles. The molecule has 0 aromatic rings. The van der Waals surface area contributed by atoms with Crippen molar-refractivity contribution in [2.75, 3.05) is 0 Å². The molecule has 0 bridgehead atoms. The number of phosphoric ester groups is 1. The number of aliphatic hydroxyl groups excluding tert-OH is 3. The minimum Gasteiger partial charge on any atom is -0.390 e. The maximum atomic E-state index is 10.2. The van der Waals surface area contributed by atoms with Crippen LogP contribution in [0.1, 0.15) is 6.42 Å². The molecule has 0 saturated heterocycles. The third-order valence-corrected chi connectivity index (χ3v) is 1.75. The Kier molecular flexibility index (Phi) is 5.38. The van der Waals surface area contributed by atoms with E-state index in [9.17, 15) is 9.36 Å². The molecule has 84 valence electrons. The van der Waals surface area contributed by atoms with Gasteiger partial charge in [-0.25, -0.2) is 4.57 Å². The molecule has 0 amide bonds. The second-order valence-electron chi connectivity index (χ2n) is 2.48. The highest BCUT2D eigenvalue weighted by Gasteiger charge is 2.25. The lowest BCUT2D eigenvalue weighted by Crippen LogP contribution is -2.31. The van der Waals surface area contributed by atoms with Gasteiger partial charge in [-0.2, -0.15) is 0 Å². The highest BCUT2D eigenvalue weighted by Crippen LogP contribution is 2.37. The molecule has 0 aliphatic carbocycles. The van der Waals surface area contributed by atoms with Gasteiger partial charge in [0.05, 0.1) is 6.10 Å². The quantitative estimate of drug-likeness (QED) is 0.195. The lowest BCUT2D eigenvalue weighted by atomic mass is 10.1. The molecule has 0 heterocycles. The van der Waals surface area contributed by atoms with Gasteiger partial charge in [0.15, 0.2) is 12.6 Å². The number of aliphatic hydroxyl groups is 3.